The summed E-state index contributed by atoms with van der Waals surface area (Å²) < 4.78 is 16.0. The minimum Gasteiger partial charge on any atom is -0.493 e. The summed E-state index contributed by atoms with van der Waals surface area (Å²) in [6, 6.07) is 3.73. The molecule has 2 N–H and O–H groups in total. The van der Waals surface area contributed by atoms with Crippen molar-refractivity contribution in [1.29, 1.82) is 0 Å². The van der Waals surface area contributed by atoms with Crippen molar-refractivity contribution in [3.63, 3.8) is 0 Å². The molecule has 18 heavy (non-hydrogen) atoms. The number of hydrogen-bond donors (Lipinski definition) is 1. The molecular formula is C14H23NO3. The van der Waals surface area contributed by atoms with Crippen LogP contribution >= 0.6 is 0 Å². The number of rotatable bonds is 6. The molecule has 1 rings (SSSR count). The van der Waals surface area contributed by atoms with Gasteiger partial charge in [-0.05, 0) is 24.5 Å². The van der Waals surface area contributed by atoms with Gasteiger partial charge in [-0.2, -0.15) is 0 Å². The summed E-state index contributed by atoms with van der Waals surface area (Å²) in [5.74, 6) is 2.43. The van der Waals surface area contributed by atoms with Crippen LogP contribution in [-0.4, -0.2) is 21.3 Å². The number of benzene rings is 1. The van der Waals surface area contributed by atoms with Crippen LogP contribution in [0.2, 0.25) is 0 Å². The van der Waals surface area contributed by atoms with Gasteiger partial charge in [0, 0.05) is 11.6 Å². The topological polar surface area (TPSA) is 53.7 Å². The normalized spacial score (nSPS) is 12.4. The van der Waals surface area contributed by atoms with Gasteiger partial charge in [-0.25, -0.2) is 0 Å². The minimum absolute atomic E-state index is 0.0697. The Morgan fingerprint density at radius 3 is 2.06 bits per heavy atom. The molecule has 0 fully saturated rings. The van der Waals surface area contributed by atoms with Crippen LogP contribution in [0.3, 0.4) is 0 Å². The Labute approximate surface area is 109 Å². The first-order valence-electron chi connectivity index (χ1n) is 6.09. The molecule has 0 aliphatic rings. The molecule has 1 atom stereocenters. The van der Waals surface area contributed by atoms with Crippen LogP contribution < -0.4 is 19.9 Å². The summed E-state index contributed by atoms with van der Waals surface area (Å²) in [7, 11) is 4.81. The van der Waals surface area contributed by atoms with Gasteiger partial charge in [-0.3, -0.25) is 0 Å². The van der Waals surface area contributed by atoms with E-state index in [4.69, 9.17) is 19.9 Å². The molecule has 4 heteroatoms. The second-order valence-corrected chi connectivity index (χ2v) is 4.66. The quantitative estimate of drug-likeness (QED) is 0.847. The first-order chi connectivity index (χ1) is 8.54. The molecule has 0 spiro atoms. The zero-order valence-electron chi connectivity index (χ0n) is 11.8. The highest BCUT2D eigenvalue weighted by atomic mass is 16.5. The van der Waals surface area contributed by atoms with Crippen LogP contribution in [0, 0.1) is 5.92 Å². The summed E-state index contributed by atoms with van der Waals surface area (Å²) >= 11 is 0. The van der Waals surface area contributed by atoms with E-state index in [1.165, 1.54) is 0 Å². The molecule has 0 aliphatic heterocycles. The molecule has 102 valence electrons. The van der Waals surface area contributed by atoms with Gasteiger partial charge < -0.3 is 19.9 Å². The van der Waals surface area contributed by atoms with Crippen LogP contribution in [0.25, 0.3) is 0 Å². The van der Waals surface area contributed by atoms with E-state index in [1.807, 2.05) is 12.1 Å². The third kappa shape index (κ3) is 3.07. The third-order valence-electron chi connectivity index (χ3n) is 2.86. The Kier molecular flexibility index (Phi) is 5.28. The molecule has 1 aromatic carbocycles. The standard InChI is InChI=1S/C14H23NO3/c1-9(2)8-11(15)10-6-7-12(16-3)14(18-5)13(10)17-4/h6-7,9,11H,8,15H2,1-5H3. The van der Waals surface area contributed by atoms with Crippen LogP contribution in [0.5, 0.6) is 17.2 Å². The van der Waals surface area contributed by atoms with Crippen molar-refractivity contribution in [3.05, 3.63) is 17.7 Å². The van der Waals surface area contributed by atoms with Gasteiger partial charge in [-0.15, -0.1) is 0 Å². The van der Waals surface area contributed by atoms with E-state index in [0.29, 0.717) is 23.2 Å². The van der Waals surface area contributed by atoms with E-state index in [-0.39, 0.29) is 6.04 Å². The summed E-state index contributed by atoms with van der Waals surface area (Å²) in [5, 5.41) is 0. The van der Waals surface area contributed by atoms with E-state index >= 15 is 0 Å². The fraction of sp³-hybridized carbons (Fsp3) is 0.571. The Hall–Kier alpha value is -1.42. The van der Waals surface area contributed by atoms with Gasteiger partial charge in [0.15, 0.2) is 11.5 Å². The minimum atomic E-state index is -0.0697. The van der Waals surface area contributed by atoms with Gasteiger partial charge in [0.2, 0.25) is 5.75 Å². The molecule has 0 amide bonds. The number of methoxy groups -OCH3 is 3. The summed E-state index contributed by atoms with van der Waals surface area (Å²) in [6.45, 7) is 4.29. The van der Waals surface area contributed by atoms with Crippen molar-refractivity contribution >= 4 is 0 Å². The average Bonchev–Trinajstić information content (AvgIpc) is 2.35. The van der Waals surface area contributed by atoms with Gasteiger partial charge in [0.1, 0.15) is 0 Å². The van der Waals surface area contributed by atoms with Crippen molar-refractivity contribution in [2.45, 2.75) is 26.3 Å². The second kappa shape index (κ2) is 6.50. The van der Waals surface area contributed by atoms with Crippen LogP contribution in [0.4, 0.5) is 0 Å². The molecule has 0 saturated heterocycles. The fourth-order valence-electron chi connectivity index (χ4n) is 2.05. The highest BCUT2D eigenvalue weighted by molar-refractivity contribution is 5.56. The lowest BCUT2D eigenvalue weighted by Gasteiger charge is -2.20. The van der Waals surface area contributed by atoms with Crippen LogP contribution in [-0.2, 0) is 0 Å². The first kappa shape index (κ1) is 14.6. The summed E-state index contributed by atoms with van der Waals surface area (Å²) in [5.41, 5.74) is 7.16. The van der Waals surface area contributed by atoms with Crippen molar-refractivity contribution < 1.29 is 14.2 Å². The fourth-order valence-corrected chi connectivity index (χ4v) is 2.05. The smallest absolute Gasteiger partial charge is 0.203 e. The van der Waals surface area contributed by atoms with E-state index in [2.05, 4.69) is 13.8 Å². The summed E-state index contributed by atoms with van der Waals surface area (Å²) in [4.78, 5) is 0. The average molecular weight is 253 g/mol. The van der Waals surface area contributed by atoms with Crippen molar-refractivity contribution in [2.75, 3.05) is 21.3 Å². The van der Waals surface area contributed by atoms with Crippen molar-refractivity contribution in [2.24, 2.45) is 11.7 Å². The van der Waals surface area contributed by atoms with E-state index < -0.39 is 0 Å². The third-order valence-corrected chi connectivity index (χ3v) is 2.86. The Morgan fingerprint density at radius 2 is 1.61 bits per heavy atom. The van der Waals surface area contributed by atoms with E-state index in [9.17, 15) is 0 Å². The van der Waals surface area contributed by atoms with Crippen molar-refractivity contribution in [1.82, 2.24) is 0 Å². The monoisotopic (exact) mass is 253 g/mol. The second-order valence-electron chi connectivity index (χ2n) is 4.66. The number of hydrogen-bond acceptors (Lipinski definition) is 4. The lowest BCUT2D eigenvalue weighted by atomic mass is 9.96. The maximum Gasteiger partial charge on any atom is 0.203 e. The largest absolute Gasteiger partial charge is 0.493 e. The zero-order chi connectivity index (χ0) is 13.7. The Bertz CT molecular complexity index is 391. The van der Waals surface area contributed by atoms with Crippen LogP contribution in [0.1, 0.15) is 31.9 Å². The Balaban J connectivity index is 3.20. The molecule has 4 nitrogen and oxygen atoms in total. The zero-order valence-corrected chi connectivity index (χ0v) is 11.8. The lowest BCUT2D eigenvalue weighted by Crippen LogP contribution is -2.14. The number of ether oxygens (including phenoxy) is 3. The van der Waals surface area contributed by atoms with Gasteiger partial charge >= 0.3 is 0 Å². The molecule has 0 aliphatic carbocycles. The molecule has 1 unspecified atom stereocenters. The molecular weight excluding hydrogens is 230 g/mol. The Morgan fingerprint density at radius 1 is 1.00 bits per heavy atom. The SMILES string of the molecule is COc1ccc(C(N)CC(C)C)c(OC)c1OC. The van der Waals surface area contributed by atoms with Gasteiger partial charge in [0.05, 0.1) is 21.3 Å². The predicted molar refractivity (Wildman–Crippen MR) is 72.5 cm³/mol. The van der Waals surface area contributed by atoms with Gasteiger partial charge in [0.25, 0.3) is 0 Å². The predicted octanol–water partition coefficient (Wildman–Crippen LogP) is 2.76. The highest BCUT2D eigenvalue weighted by Crippen LogP contribution is 2.42. The number of nitrogens with two attached hydrogens (primary N) is 1. The summed E-state index contributed by atoms with van der Waals surface area (Å²) in [6.07, 6.45) is 0.895. The van der Waals surface area contributed by atoms with E-state index in [0.717, 1.165) is 12.0 Å². The molecule has 0 heterocycles. The van der Waals surface area contributed by atoms with Gasteiger partial charge in [-0.1, -0.05) is 13.8 Å². The lowest BCUT2D eigenvalue weighted by molar-refractivity contribution is 0.319. The van der Waals surface area contributed by atoms with Crippen LogP contribution in [0.15, 0.2) is 12.1 Å². The highest BCUT2D eigenvalue weighted by Gasteiger charge is 2.20. The molecule has 1 aromatic rings. The maximum atomic E-state index is 6.21. The molecule has 0 aromatic heterocycles. The van der Waals surface area contributed by atoms with Crippen molar-refractivity contribution in [3.8, 4) is 17.2 Å². The molecule has 0 radical (unpaired) electrons. The maximum absolute atomic E-state index is 6.21. The first-order valence-corrected chi connectivity index (χ1v) is 6.09. The van der Waals surface area contributed by atoms with E-state index in [1.54, 1.807) is 21.3 Å². The molecule has 0 saturated carbocycles. The molecule has 0 bridgehead atoms.